The summed E-state index contributed by atoms with van der Waals surface area (Å²) in [5, 5.41) is 9.56. The number of nitrogens with zero attached hydrogens (tertiary/aromatic N) is 1. The number of carbonyl (C=O) groups excluding carboxylic acids is 1. The fourth-order valence-electron chi connectivity index (χ4n) is 2.60. The van der Waals surface area contributed by atoms with Gasteiger partial charge in [-0.05, 0) is 36.5 Å². The zero-order valence-electron chi connectivity index (χ0n) is 10.5. The number of hydrogen-bond acceptors (Lipinski definition) is 2. The number of carboxylic acid groups (broad SMARTS) is 1. The van der Waals surface area contributed by atoms with E-state index in [0.29, 0.717) is 18.1 Å². The van der Waals surface area contributed by atoms with Crippen molar-refractivity contribution in [2.45, 2.75) is 18.8 Å². The fourth-order valence-corrected chi connectivity index (χ4v) is 2.72. The summed E-state index contributed by atoms with van der Waals surface area (Å²) in [7, 11) is 0. The van der Waals surface area contributed by atoms with Crippen molar-refractivity contribution in [2.24, 2.45) is 5.92 Å². The van der Waals surface area contributed by atoms with Crippen molar-refractivity contribution < 1.29 is 14.7 Å². The number of benzene rings is 1. The number of amides is 1. The minimum absolute atomic E-state index is 0.173. The predicted octanol–water partition coefficient (Wildman–Crippen LogP) is 3.01. The molecule has 1 N–H and O–H groups in total. The number of piperidine rings is 1. The van der Waals surface area contributed by atoms with Crippen LogP contribution in [0.5, 0.6) is 0 Å². The first-order valence-electron chi connectivity index (χ1n) is 6.30. The number of hydrogen-bond donors (Lipinski definition) is 1. The monoisotopic (exact) mass is 281 g/mol. The first kappa shape index (κ1) is 13.9. The lowest BCUT2D eigenvalue weighted by Gasteiger charge is -2.32. The third-order valence-corrected chi connectivity index (χ3v) is 3.97. The van der Waals surface area contributed by atoms with Crippen LogP contribution in [0.1, 0.15) is 24.3 Å². The van der Waals surface area contributed by atoms with Gasteiger partial charge in [0.25, 0.3) is 0 Å². The van der Waals surface area contributed by atoms with E-state index in [1.165, 1.54) is 4.90 Å². The Hall–Kier alpha value is -1.55. The van der Waals surface area contributed by atoms with Crippen LogP contribution in [-0.2, 0) is 4.79 Å². The van der Waals surface area contributed by atoms with Crippen LogP contribution in [0.15, 0.2) is 24.3 Å². The molecular weight excluding hydrogens is 266 g/mol. The van der Waals surface area contributed by atoms with Gasteiger partial charge in [0.15, 0.2) is 0 Å². The molecule has 1 aliphatic heterocycles. The van der Waals surface area contributed by atoms with E-state index in [0.717, 1.165) is 24.7 Å². The maximum absolute atomic E-state index is 11.3. The Morgan fingerprint density at radius 2 is 1.89 bits per heavy atom. The van der Waals surface area contributed by atoms with Crippen molar-refractivity contribution in [1.29, 1.82) is 0 Å². The lowest BCUT2D eigenvalue weighted by atomic mass is 9.81. The summed E-state index contributed by atoms with van der Waals surface area (Å²) >= 11 is 5.84. The van der Waals surface area contributed by atoms with E-state index in [1.807, 2.05) is 12.1 Å². The molecule has 0 saturated carbocycles. The highest BCUT2D eigenvalue weighted by atomic mass is 35.5. The van der Waals surface area contributed by atoms with Gasteiger partial charge < -0.3 is 14.8 Å². The number of aldehydes is 1. The quantitative estimate of drug-likeness (QED) is 0.867. The molecule has 0 spiro atoms. The Balaban J connectivity index is 2.05. The van der Waals surface area contributed by atoms with Gasteiger partial charge in [-0.1, -0.05) is 23.7 Å². The molecule has 1 unspecified atom stereocenters. The minimum atomic E-state index is -0.882. The van der Waals surface area contributed by atoms with Gasteiger partial charge in [0.2, 0.25) is 0 Å². The van der Waals surface area contributed by atoms with Crippen molar-refractivity contribution in [3.8, 4) is 0 Å². The molecule has 1 amide bonds. The summed E-state index contributed by atoms with van der Waals surface area (Å²) in [5.41, 5.74) is 0.952. The van der Waals surface area contributed by atoms with Crippen molar-refractivity contribution in [3.05, 3.63) is 34.9 Å². The highest BCUT2D eigenvalue weighted by Gasteiger charge is 2.28. The zero-order valence-corrected chi connectivity index (χ0v) is 11.2. The maximum Gasteiger partial charge on any atom is 0.407 e. The SMILES string of the molecule is O=CC(c1ccc(Cl)cc1)C1CCN(C(=O)O)CC1. The second-order valence-electron chi connectivity index (χ2n) is 4.82. The van der Waals surface area contributed by atoms with Crippen LogP contribution in [-0.4, -0.2) is 35.5 Å². The van der Waals surface area contributed by atoms with E-state index in [1.54, 1.807) is 12.1 Å². The molecule has 1 saturated heterocycles. The Labute approximate surface area is 117 Å². The van der Waals surface area contributed by atoms with Crippen LogP contribution in [0.2, 0.25) is 5.02 Å². The highest BCUT2D eigenvalue weighted by molar-refractivity contribution is 6.30. The number of halogens is 1. The first-order chi connectivity index (χ1) is 9.11. The largest absolute Gasteiger partial charge is 0.465 e. The molecule has 0 radical (unpaired) electrons. The van der Waals surface area contributed by atoms with Crippen LogP contribution < -0.4 is 0 Å². The summed E-state index contributed by atoms with van der Waals surface area (Å²) < 4.78 is 0. The standard InChI is InChI=1S/C14H16ClNO3/c15-12-3-1-10(2-4-12)13(9-17)11-5-7-16(8-6-11)14(18)19/h1-4,9,11,13H,5-8H2,(H,18,19). The Bertz CT molecular complexity index is 452. The molecule has 1 aromatic rings. The van der Waals surface area contributed by atoms with E-state index < -0.39 is 6.09 Å². The molecule has 1 fully saturated rings. The van der Waals surface area contributed by atoms with Crippen LogP contribution >= 0.6 is 11.6 Å². The van der Waals surface area contributed by atoms with Gasteiger partial charge in [-0.15, -0.1) is 0 Å². The van der Waals surface area contributed by atoms with E-state index in [9.17, 15) is 9.59 Å². The Kier molecular flexibility index (Phi) is 4.43. The molecule has 2 rings (SSSR count). The lowest BCUT2D eigenvalue weighted by Crippen LogP contribution is -2.39. The average Bonchev–Trinajstić information content (AvgIpc) is 2.42. The smallest absolute Gasteiger partial charge is 0.407 e. The van der Waals surface area contributed by atoms with Gasteiger partial charge in [0, 0.05) is 24.0 Å². The third-order valence-electron chi connectivity index (χ3n) is 3.72. The predicted molar refractivity (Wildman–Crippen MR) is 72.6 cm³/mol. The molecule has 0 aliphatic carbocycles. The number of carbonyl (C=O) groups is 2. The van der Waals surface area contributed by atoms with Crippen LogP contribution in [0.3, 0.4) is 0 Å². The van der Waals surface area contributed by atoms with Crippen LogP contribution in [0, 0.1) is 5.92 Å². The summed E-state index contributed by atoms with van der Waals surface area (Å²) in [4.78, 5) is 23.6. The second kappa shape index (κ2) is 6.06. The minimum Gasteiger partial charge on any atom is -0.465 e. The topological polar surface area (TPSA) is 57.6 Å². The molecule has 5 heteroatoms. The van der Waals surface area contributed by atoms with Gasteiger partial charge in [-0.3, -0.25) is 0 Å². The van der Waals surface area contributed by atoms with Crippen LogP contribution in [0.4, 0.5) is 4.79 Å². The molecule has 1 heterocycles. The zero-order chi connectivity index (χ0) is 13.8. The van der Waals surface area contributed by atoms with Gasteiger partial charge >= 0.3 is 6.09 Å². The van der Waals surface area contributed by atoms with Gasteiger partial charge in [-0.2, -0.15) is 0 Å². The van der Waals surface area contributed by atoms with Crippen molar-refractivity contribution in [1.82, 2.24) is 4.90 Å². The van der Waals surface area contributed by atoms with Crippen molar-refractivity contribution in [3.63, 3.8) is 0 Å². The molecular formula is C14H16ClNO3. The van der Waals surface area contributed by atoms with E-state index in [4.69, 9.17) is 16.7 Å². The fraction of sp³-hybridized carbons (Fsp3) is 0.429. The van der Waals surface area contributed by atoms with E-state index >= 15 is 0 Å². The molecule has 1 atom stereocenters. The molecule has 4 nitrogen and oxygen atoms in total. The second-order valence-corrected chi connectivity index (χ2v) is 5.26. The summed E-state index contributed by atoms with van der Waals surface area (Å²) in [6.07, 6.45) is 1.52. The highest BCUT2D eigenvalue weighted by Crippen LogP contribution is 2.31. The molecule has 102 valence electrons. The van der Waals surface area contributed by atoms with Crippen molar-refractivity contribution in [2.75, 3.05) is 13.1 Å². The average molecular weight is 282 g/mol. The normalized spacial score (nSPS) is 18.1. The van der Waals surface area contributed by atoms with Crippen LogP contribution in [0.25, 0.3) is 0 Å². The van der Waals surface area contributed by atoms with Gasteiger partial charge in [0.05, 0.1) is 0 Å². The van der Waals surface area contributed by atoms with Crippen molar-refractivity contribution >= 4 is 24.0 Å². The summed E-state index contributed by atoms with van der Waals surface area (Å²) in [6.45, 7) is 0.996. The molecule has 0 aromatic heterocycles. The Morgan fingerprint density at radius 3 is 2.37 bits per heavy atom. The van der Waals surface area contributed by atoms with Gasteiger partial charge in [0.1, 0.15) is 6.29 Å². The maximum atomic E-state index is 11.3. The first-order valence-corrected chi connectivity index (χ1v) is 6.68. The molecule has 1 aliphatic rings. The molecule has 0 bridgehead atoms. The lowest BCUT2D eigenvalue weighted by molar-refractivity contribution is -0.110. The summed E-state index contributed by atoms with van der Waals surface area (Å²) in [6, 6.07) is 7.29. The summed E-state index contributed by atoms with van der Waals surface area (Å²) in [5.74, 6) is 0.0301. The van der Waals surface area contributed by atoms with E-state index in [-0.39, 0.29) is 11.8 Å². The van der Waals surface area contributed by atoms with E-state index in [2.05, 4.69) is 0 Å². The molecule has 1 aromatic carbocycles. The number of rotatable bonds is 3. The Morgan fingerprint density at radius 1 is 1.32 bits per heavy atom. The molecule has 19 heavy (non-hydrogen) atoms. The van der Waals surface area contributed by atoms with Gasteiger partial charge in [-0.25, -0.2) is 4.79 Å². The number of likely N-dealkylation sites (tertiary alicyclic amines) is 1. The third kappa shape index (κ3) is 3.26.